The van der Waals surface area contributed by atoms with Crippen LogP contribution in [0.4, 0.5) is 0 Å². The highest BCUT2D eigenvalue weighted by Gasteiger charge is 2.59. The van der Waals surface area contributed by atoms with Gasteiger partial charge < -0.3 is 4.90 Å². The third-order valence-corrected chi connectivity index (χ3v) is 13.5. The first-order chi connectivity index (χ1) is 19.7. The lowest BCUT2D eigenvalue weighted by atomic mass is 9.47. The van der Waals surface area contributed by atoms with E-state index in [2.05, 4.69) is 46.2 Å². The molecule has 4 aliphatic rings. The molecular weight excluding hydrogens is 544 g/mol. The van der Waals surface area contributed by atoms with Crippen molar-refractivity contribution in [1.29, 1.82) is 0 Å². The first-order valence-electron chi connectivity index (χ1n) is 17.4. The Labute approximate surface area is 258 Å². The molecule has 0 spiro atoms. The van der Waals surface area contributed by atoms with Gasteiger partial charge >= 0.3 is 0 Å². The molecule has 0 aromatic rings. The van der Waals surface area contributed by atoms with E-state index in [1.807, 2.05) is 19.0 Å². The number of nitrogens with one attached hydrogen (secondary N) is 1. The average molecular weight is 609 g/mol. The Morgan fingerprint density at radius 3 is 2.45 bits per heavy atom. The molecule has 1 unspecified atom stereocenters. The van der Waals surface area contributed by atoms with Gasteiger partial charge in [0.2, 0.25) is 0 Å². The number of rotatable bonds is 15. The van der Waals surface area contributed by atoms with Crippen LogP contribution in [0.25, 0.3) is 0 Å². The van der Waals surface area contributed by atoms with E-state index in [1.54, 1.807) is 5.57 Å². The lowest BCUT2D eigenvalue weighted by Crippen LogP contribution is -2.51. The smallest absolute Gasteiger partial charge is 0.264 e. The molecule has 4 rings (SSSR count). The van der Waals surface area contributed by atoms with Crippen molar-refractivity contribution >= 4 is 10.1 Å². The fraction of sp³-hybridized carbons (Fsp3) is 0.943. The lowest BCUT2D eigenvalue weighted by molar-refractivity contribution is -0.0804. The van der Waals surface area contributed by atoms with Crippen molar-refractivity contribution in [1.82, 2.24) is 10.4 Å². The average Bonchev–Trinajstić information content (AvgIpc) is 3.26. The molecule has 0 saturated heterocycles. The summed E-state index contributed by atoms with van der Waals surface area (Å²) in [6.45, 7) is 13.3. The van der Waals surface area contributed by atoms with Gasteiger partial charge in [-0.05, 0) is 131 Å². The summed E-state index contributed by atoms with van der Waals surface area (Å²) in [5.41, 5.74) is 5.80. The maximum Gasteiger partial charge on any atom is 0.264 e. The molecule has 7 heteroatoms. The third-order valence-electron chi connectivity index (χ3n) is 12.8. The van der Waals surface area contributed by atoms with Gasteiger partial charge in [0.15, 0.2) is 0 Å². The summed E-state index contributed by atoms with van der Waals surface area (Å²) in [6, 6.07) is 0.130. The van der Waals surface area contributed by atoms with Crippen molar-refractivity contribution < 1.29 is 17.8 Å². The standard InChI is InChI=1S/C35H64N2O4S/c1-25(2)10-8-11-26(3)31-15-16-32-30-14-13-27-24-29(17-20-34(27,4)33(30)18-21-35(31,32)5)41-36-22-9-12-28(37(6)7)19-23-42(38,39)40/h13,25-26,28-33,36H,8-12,14-24H2,1-7H3,(H,38,39,40)/t26-,28?,29+,30+,31-,32+,33+,34+,35-/m1/s1. The van der Waals surface area contributed by atoms with Crippen molar-refractivity contribution in [2.24, 2.45) is 46.3 Å². The van der Waals surface area contributed by atoms with Gasteiger partial charge in [0.05, 0.1) is 11.9 Å². The summed E-state index contributed by atoms with van der Waals surface area (Å²) in [5.74, 6) is 5.04. The number of nitrogens with zero attached hydrogens (tertiary/aromatic N) is 1. The van der Waals surface area contributed by atoms with E-state index in [1.165, 1.54) is 57.8 Å². The maximum absolute atomic E-state index is 11.2. The van der Waals surface area contributed by atoms with Crippen molar-refractivity contribution in [3.8, 4) is 0 Å². The lowest BCUT2D eigenvalue weighted by Gasteiger charge is -2.58. The molecule has 244 valence electrons. The van der Waals surface area contributed by atoms with Crippen molar-refractivity contribution in [3.05, 3.63) is 11.6 Å². The number of allylic oxidation sites excluding steroid dienone is 1. The van der Waals surface area contributed by atoms with Crippen LogP contribution in [0.3, 0.4) is 0 Å². The Morgan fingerprint density at radius 1 is 1.00 bits per heavy atom. The van der Waals surface area contributed by atoms with Gasteiger partial charge in [0.1, 0.15) is 0 Å². The highest BCUT2D eigenvalue weighted by Crippen LogP contribution is 2.67. The minimum Gasteiger partial charge on any atom is -0.306 e. The van der Waals surface area contributed by atoms with Gasteiger partial charge in [-0.2, -0.15) is 8.42 Å². The molecule has 0 aliphatic heterocycles. The summed E-state index contributed by atoms with van der Waals surface area (Å²) in [6.07, 6.45) is 19.8. The molecule has 0 bridgehead atoms. The Bertz CT molecular complexity index is 1010. The largest absolute Gasteiger partial charge is 0.306 e. The number of hydroxylamine groups is 1. The number of fused-ring (bicyclic) bond motifs is 5. The van der Waals surface area contributed by atoms with Gasteiger partial charge in [0, 0.05) is 12.6 Å². The maximum atomic E-state index is 11.2. The first-order valence-corrected chi connectivity index (χ1v) is 19.0. The van der Waals surface area contributed by atoms with Crippen LogP contribution in [0.15, 0.2) is 11.6 Å². The topological polar surface area (TPSA) is 78.9 Å². The molecule has 3 fully saturated rings. The molecule has 0 amide bonds. The van der Waals surface area contributed by atoms with Gasteiger partial charge in [-0.1, -0.05) is 65.5 Å². The van der Waals surface area contributed by atoms with Crippen LogP contribution in [-0.4, -0.2) is 56.4 Å². The van der Waals surface area contributed by atoms with Gasteiger partial charge in [-0.3, -0.25) is 9.39 Å². The zero-order valence-electron chi connectivity index (χ0n) is 28.0. The van der Waals surface area contributed by atoms with Crippen molar-refractivity contribution in [3.63, 3.8) is 0 Å². The van der Waals surface area contributed by atoms with E-state index in [9.17, 15) is 8.42 Å². The van der Waals surface area contributed by atoms with Crippen LogP contribution in [0.5, 0.6) is 0 Å². The van der Waals surface area contributed by atoms with Gasteiger partial charge in [-0.25, -0.2) is 5.48 Å². The van der Waals surface area contributed by atoms with E-state index < -0.39 is 10.1 Å². The molecule has 42 heavy (non-hydrogen) atoms. The van der Waals surface area contributed by atoms with Crippen LogP contribution in [-0.2, 0) is 15.0 Å². The minimum absolute atomic E-state index is 0.130. The Hall–Kier alpha value is -0.470. The van der Waals surface area contributed by atoms with Gasteiger partial charge in [-0.15, -0.1) is 0 Å². The number of hydrogen-bond acceptors (Lipinski definition) is 5. The molecule has 3 saturated carbocycles. The van der Waals surface area contributed by atoms with Crippen LogP contribution >= 0.6 is 0 Å². The predicted molar refractivity (Wildman–Crippen MR) is 174 cm³/mol. The molecule has 0 aromatic carbocycles. The second kappa shape index (κ2) is 14.3. The SMILES string of the molecule is CC(C)CCC[C@@H](C)[C@H]1CC[C@H]2[C@@H]3CC=C4C[C@@H](ONCCCC(CCS(=O)(=O)O)N(C)C)CC[C@]4(C)[C@H]3CC[C@]12C. The molecule has 9 atom stereocenters. The van der Waals surface area contributed by atoms with Crippen LogP contribution in [0.2, 0.25) is 0 Å². The fourth-order valence-corrected chi connectivity index (χ4v) is 10.9. The second-order valence-corrected chi connectivity index (χ2v) is 17.6. The monoisotopic (exact) mass is 608 g/mol. The molecule has 0 heterocycles. The van der Waals surface area contributed by atoms with Crippen LogP contribution in [0.1, 0.15) is 125 Å². The molecule has 4 aliphatic carbocycles. The molecule has 0 radical (unpaired) electrons. The van der Waals surface area contributed by atoms with E-state index in [-0.39, 0.29) is 17.9 Å². The minimum atomic E-state index is -3.92. The van der Waals surface area contributed by atoms with Crippen molar-refractivity contribution in [2.45, 2.75) is 137 Å². The highest BCUT2D eigenvalue weighted by atomic mass is 32.2. The quantitative estimate of drug-likeness (QED) is 0.0851. The highest BCUT2D eigenvalue weighted by molar-refractivity contribution is 7.85. The molecule has 2 N–H and O–H groups in total. The normalized spacial score (nSPS) is 36.3. The Balaban J connectivity index is 1.26. The van der Waals surface area contributed by atoms with E-state index in [4.69, 9.17) is 9.39 Å². The van der Waals surface area contributed by atoms with E-state index in [0.29, 0.717) is 17.3 Å². The summed E-state index contributed by atoms with van der Waals surface area (Å²) in [7, 11) is 0.0148. The van der Waals surface area contributed by atoms with Crippen molar-refractivity contribution in [2.75, 3.05) is 26.4 Å². The first kappa shape index (κ1) is 34.4. The zero-order chi connectivity index (χ0) is 30.7. The van der Waals surface area contributed by atoms with Gasteiger partial charge in [0.25, 0.3) is 10.1 Å². The summed E-state index contributed by atoms with van der Waals surface area (Å²) >= 11 is 0. The Morgan fingerprint density at radius 2 is 1.76 bits per heavy atom. The molecule has 0 aromatic heterocycles. The summed E-state index contributed by atoms with van der Waals surface area (Å²) in [5, 5.41) is 0. The van der Waals surface area contributed by atoms with E-state index >= 15 is 0 Å². The second-order valence-electron chi connectivity index (χ2n) is 16.0. The van der Waals surface area contributed by atoms with Crippen LogP contribution < -0.4 is 5.48 Å². The third kappa shape index (κ3) is 8.02. The van der Waals surface area contributed by atoms with Crippen LogP contribution in [0, 0.1) is 46.3 Å². The summed E-state index contributed by atoms with van der Waals surface area (Å²) in [4.78, 5) is 8.25. The van der Waals surface area contributed by atoms with E-state index in [0.717, 1.165) is 67.7 Å². The zero-order valence-corrected chi connectivity index (χ0v) is 28.9. The number of hydrogen-bond donors (Lipinski definition) is 2. The molecule has 6 nitrogen and oxygen atoms in total. The molecular formula is C35H64N2O4S. The predicted octanol–water partition coefficient (Wildman–Crippen LogP) is 7.91. The summed E-state index contributed by atoms with van der Waals surface area (Å²) < 4.78 is 31.4. The fourth-order valence-electron chi connectivity index (χ4n) is 10.3. The Kier molecular flexibility index (Phi) is 11.7.